The summed E-state index contributed by atoms with van der Waals surface area (Å²) in [7, 11) is -3.79. The molecule has 1 aliphatic heterocycles. The van der Waals surface area contributed by atoms with Crippen LogP contribution in [0.2, 0.25) is 5.02 Å². The van der Waals surface area contributed by atoms with Crippen molar-refractivity contribution >= 4 is 50.2 Å². The van der Waals surface area contributed by atoms with Crippen molar-refractivity contribution in [1.82, 2.24) is 4.31 Å². The molecule has 1 aliphatic rings. The summed E-state index contributed by atoms with van der Waals surface area (Å²) in [4.78, 5) is 15.1. The van der Waals surface area contributed by atoms with E-state index in [9.17, 15) is 13.2 Å². The third kappa shape index (κ3) is 4.62. The second-order valence-corrected chi connectivity index (χ2v) is 10.5. The molecule has 1 amide bonds. The molecule has 0 saturated carbocycles. The lowest BCUT2D eigenvalue weighted by Crippen LogP contribution is -2.48. The van der Waals surface area contributed by atoms with Gasteiger partial charge >= 0.3 is 0 Å². The van der Waals surface area contributed by atoms with Crippen LogP contribution in [0.15, 0.2) is 64.9 Å². The van der Waals surface area contributed by atoms with E-state index in [4.69, 9.17) is 11.6 Å². The second kappa shape index (κ2) is 9.00. The Balaban J connectivity index is 1.49. The van der Waals surface area contributed by atoms with Crippen LogP contribution in [-0.4, -0.2) is 44.8 Å². The molecular weight excluding hydrogens is 454 g/mol. The number of sulfonamides is 1. The molecule has 1 N–H and O–H groups in total. The van der Waals surface area contributed by atoms with E-state index in [0.717, 1.165) is 22.6 Å². The third-order valence-corrected chi connectivity index (χ3v) is 8.50. The summed E-state index contributed by atoms with van der Waals surface area (Å²) in [5.41, 5.74) is 2.60. The average molecular weight is 476 g/mol. The molecule has 0 unspecified atom stereocenters. The van der Waals surface area contributed by atoms with Crippen LogP contribution in [0.25, 0.3) is 0 Å². The number of amides is 1. The molecule has 0 radical (unpaired) electrons. The monoisotopic (exact) mass is 475 g/mol. The zero-order valence-electron chi connectivity index (χ0n) is 16.9. The number of anilines is 2. The molecule has 0 atom stereocenters. The Kier molecular flexibility index (Phi) is 6.34. The van der Waals surface area contributed by atoms with Crippen LogP contribution in [0.3, 0.4) is 0 Å². The first kappa shape index (κ1) is 21.8. The van der Waals surface area contributed by atoms with Crippen molar-refractivity contribution in [3.05, 3.63) is 75.4 Å². The summed E-state index contributed by atoms with van der Waals surface area (Å²) in [6.45, 7) is 3.65. The van der Waals surface area contributed by atoms with E-state index >= 15 is 0 Å². The quantitative estimate of drug-likeness (QED) is 0.591. The van der Waals surface area contributed by atoms with Crippen LogP contribution in [0.4, 0.5) is 11.4 Å². The van der Waals surface area contributed by atoms with E-state index in [1.54, 1.807) is 17.5 Å². The highest BCUT2D eigenvalue weighted by atomic mass is 35.5. The second-order valence-electron chi connectivity index (χ2n) is 7.28. The van der Waals surface area contributed by atoms with Crippen molar-refractivity contribution in [2.45, 2.75) is 11.8 Å². The van der Waals surface area contributed by atoms with Crippen molar-refractivity contribution in [3.63, 3.8) is 0 Å². The number of hydrogen-bond donors (Lipinski definition) is 1. The summed E-state index contributed by atoms with van der Waals surface area (Å²) >= 11 is 7.40. The molecule has 162 valence electrons. The molecule has 2 heterocycles. The topological polar surface area (TPSA) is 69.7 Å². The van der Waals surface area contributed by atoms with Gasteiger partial charge in [0.25, 0.3) is 5.91 Å². The van der Waals surface area contributed by atoms with Gasteiger partial charge in [0, 0.05) is 31.9 Å². The maximum atomic E-state index is 13.3. The number of aryl methyl sites for hydroxylation is 1. The fourth-order valence-electron chi connectivity index (χ4n) is 3.51. The van der Waals surface area contributed by atoms with Crippen molar-refractivity contribution in [3.8, 4) is 0 Å². The molecule has 0 aliphatic carbocycles. The number of nitrogens with one attached hydrogen (secondary N) is 1. The summed E-state index contributed by atoms with van der Waals surface area (Å²) in [5, 5.41) is 5.07. The molecule has 1 aromatic heterocycles. The fraction of sp³-hybridized carbons (Fsp3) is 0.227. The normalized spacial score (nSPS) is 15.1. The Labute approximate surface area is 191 Å². The van der Waals surface area contributed by atoms with Crippen molar-refractivity contribution in [2.75, 3.05) is 36.4 Å². The molecule has 9 heteroatoms. The summed E-state index contributed by atoms with van der Waals surface area (Å²) in [5.74, 6) is -0.424. The van der Waals surface area contributed by atoms with Gasteiger partial charge < -0.3 is 10.2 Å². The van der Waals surface area contributed by atoms with Gasteiger partial charge in [0.2, 0.25) is 10.0 Å². The molecule has 1 fully saturated rings. The first-order chi connectivity index (χ1) is 14.9. The summed E-state index contributed by atoms with van der Waals surface area (Å²) in [6, 6.07) is 16.4. The van der Waals surface area contributed by atoms with E-state index in [1.807, 2.05) is 43.3 Å². The summed E-state index contributed by atoms with van der Waals surface area (Å²) < 4.78 is 28.0. The van der Waals surface area contributed by atoms with Crippen LogP contribution >= 0.6 is 22.9 Å². The minimum absolute atomic E-state index is 0.0494. The zero-order chi connectivity index (χ0) is 22.0. The van der Waals surface area contributed by atoms with E-state index < -0.39 is 15.9 Å². The SMILES string of the molecule is Cc1ccc(NC(=O)c2sccc2S(=O)(=O)N2CCN(c3ccccc3Cl)CC2)cc1. The van der Waals surface area contributed by atoms with E-state index in [2.05, 4.69) is 10.2 Å². The largest absolute Gasteiger partial charge is 0.368 e. The molecular formula is C22H22ClN3O3S2. The summed E-state index contributed by atoms with van der Waals surface area (Å²) in [6.07, 6.45) is 0. The first-order valence-corrected chi connectivity index (χ1v) is 12.5. The van der Waals surface area contributed by atoms with Gasteiger partial charge in [-0.25, -0.2) is 8.42 Å². The Morgan fingerprint density at radius 2 is 1.68 bits per heavy atom. The average Bonchev–Trinajstić information content (AvgIpc) is 3.27. The standard InChI is InChI=1S/C22H22ClN3O3S2/c1-16-6-8-17(9-7-16)24-22(27)21-20(10-15-30-21)31(28,29)26-13-11-25(12-14-26)19-5-3-2-4-18(19)23/h2-10,15H,11-14H2,1H3,(H,24,27). The minimum Gasteiger partial charge on any atom is -0.368 e. The third-order valence-electron chi connectivity index (χ3n) is 5.19. The lowest BCUT2D eigenvalue weighted by atomic mass is 10.2. The first-order valence-electron chi connectivity index (χ1n) is 9.81. The Bertz CT molecular complexity index is 1180. The highest BCUT2D eigenvalue weighted by Gasteiger charge is 2.33. The Morgan fingerprint density at radius 1 is 1.00 bits per heavy atom. The molecule has 31 heavy (non-hydrogen) atoms. The number of halogens is 1. The zero-order valence-corrected chi connectivity index (χ0v) is 19.3. The number of para-hydroxylation sites is 1. The van der Waals surface area contributed by atoms with Gasteiger partial charge in [-0.15, -0.1) is 11.3 Å². The lowest BCUT2D eigenvalue weighted by Gasteiger charge is -2.35. The van der Waals surface area contributed by atoms with E-state index in [0.29, 0.717) is 36.9 Å². The maximum Gasteiger partial charge on any atom is 0.267 e. The van der Waals surface area contributed by atoms with Gasteiger partial charge in [0.05, 0.1) is 10.7 Å². The van der Waals surface area contributed by atoms with Gasteiger partial charge in [-0.3, -0.25) is 4.79 Å². The molecule has 6 nitrogen and oxygen atoms in total. The predicted octanol–water partition coefficient (Wildman–Crippen LogP) is 4.47. The van der Waals surface area contributed by atoms with Crippen molar-refractivity contribution in [2.24, 2.45) is 0 Å². The highest BCUT2D eigenvalue weighted by Crippen LogP contribution is 2.30. The number of nitrogens with zero attached hydrogens (tertiary/aromatic N) is 2. The molecule has 0 bridgehead atoms. The number of piperazine rings is 1. The van der Waals surface area contributed by atoms with Gasteiger partial charge in [-0.1, -0.05) is 41.4 Å². The minimum atomic E-state index is -3.79. The molecule has 4 rings (SSSR count). The van der Waals surface area contributed by atoms with Gasteiger partial charge in [-0.05, 0) is 42.6 Å². The van der Waals surface area contributed by atoms with Crippen LogP contribution in [0.5, 0.6) is 0 Å². The van der Waals surface area contributed by atoms with Crippen LogP contribution in [0.1, 0.15) is 15.2 Å². The van der Waals surface area contributed by atoms with Crippen LogP contribution in [-0.2, 0) is 10.0 Å². The number of rotatable bonds is 5. The highest BCUT2D eigenvalue weighted by molar-refractivity contribution is 7.89. The van der Waals surface area contributed by atoms with Crippen molar-refractivity contribution < 1.29 is 13.2 Å². The predicted molar refractivity (Wildman–Crippen MR) is 126 cm³/mol. The van der Waals surface area contributed by atoms with Crippen LogP contribution < -0.4 is 10.2 Å². The smallest absolute Gasteiger partial charge is 0.267 e. The molecule has 3 aromatic rings. The maximum absolute atomic E-state index is 13.3. The van der Waals surface area contributed by atoms with Crippen LogP contribution in [0, 0.1) is 6.92 Å². The molecule has 0 spiro atoms. The Morgan fingerprint density at radius 3 is 2.35 bits per heavy atom. The van der Waals surface area contributed by atoms with E-state index in [1.165, 1.54) is 10.4 Å². The molecule has 2 aromatic carbocycles. The van der Waals surface area contributed by atoms with Gasteiger partial charge in [0.15, 0.2) is 0 Å². The van der Waals surface area contributed by atoms with Gasteiger partial charge in [-0.2, -0.15) is 4.31 Å². The molecule has 1 saturated heterocycles. The lowest BCUT2D eigenvalue weighted by molar-refractivity contribution is 0.102. The van der Waals surface area contributed by atoms with Crippen molar-refractivity contribution in [1.29, 1.82) is 0 Å². The van der Waals surface area contributed by atoms with E-state index in [-0.39, 0.29) is 9.77 Å². The van der Waals surface area contributed by atoms with Gasteiger partial charge in [0.1, 0.15) is 9.77 Å². The number of carbonyl (C=O) groups is 1. The number of hydrogen-bond acceptors (Lipinski definition) is 5. The Hall–Kier alpha value is -2.39. The number of benzene rings is 2. The number of thiophene rings is 1. The fourth-order valence-corrected chi connectivity index (χ4v) is 6.48. The number of carbonyl (C=O) groups excluding carboxylic acids is 1.